The number of unbranched alkanes of at least 4 members (excludes halogenated alkanes) is 1. The number of nitrogens with zero attached hydrogens (tertiary/aromatic N) is 4. The van der Waals surface area contributed by atoms with Crippen molar-refractivity contribution in [1.82, 2.24) is 14.8 Å². The summed E-state index contributed by atoms with van der Waals surface area (Å²) in [4.78, 5) is 14.2. The van der Waals surface area contributed by atoms with E-state index in [2.05, 4.69) is 59.1 Å². The fourth-order valence-electron chi connectivity index (χ4n) is 4.89. The van der Waals surface area contributed by atoms with E-state index in [4.69, 9.17) is 22.3 Å². The molecule has 3 aromatic rings. The van der Waals surface area contributed by atoms with Crippen molar-refractivity contribution in [2.75, 3.05) is 26.2 Å². The average molecular weight is 486 g/mol. The molecular weight excluding hydrogens is 454 g/mol. The van der Waals surface area contributed by atoms with Crippen molar-refractivity contribution < 1.29 is 0 Å². The van der Waals surface area contributed by atoms with Gasteiger partial charge in [0.15, 0.2) is 0 Å². The van der Waals surface area contributed by atoms with Crippen LogP contribution in [0.25, 0.3) is 27.9 Å². The Kier molecular flexibility index (Phi) is 6.52. The Morgan fingerprint density at radius 2 is 1.80 bits per heavy atom. The zero-order valence-electron chi connectivity index (χ0n) is 20.4. The number of fused-ring (bicyclic) bond motifs is 2. The minimum Gasteiger partial charge on any atom is -0.387 e. The maximum absolute atomic E-state index is 6.68. The molecule has 6 heteroatoms. The van der Waals surface area contributed by atoms with Crippen molar-refractivity contribution in [1.29, 1.82) is 0 Å². The molecule has 1 aromatic heterocycles. The SMILES string of the molecule is C=C(CCCC)N1CCN(C(=C)c2ccc3c(Cl)cc(-c4ccc5c(c4)N=C(N)C5)nc3c2)CC1. The third-order valence-corrected chi connectivity index (χ3v) is 7.35. The normalized spacial score (nSPS) is 15.3. The highest BCUT2D eigenvalue weighted by molar-refractivity contribution is 6.35. The smallest absolute Gasteiger partial charge is 0.104 e. The largest absolute Gasteiger partial charge is 0.387 e. The van der Waals surface area contributed by atoms with Crippen molar-refractivity contribution >= 4 is 39.7 Å². The van der Waals surface area contributed by atoms with Crippen LogP contribution < -0.4 is 5.73 Å². The molecule has 0 unspecified atom stereocenters. The zero-order valence-corrected chi connectivity index (χ0v) is 21.1. The van der Waals surface area contributed by atoms with Crippen molar-refractivity contribution in [3.63, 3.8) is 0 Å². The predicted molar refractivity (Wildman–Crippen MR) is 148 cm³/mol. The fourth-order valence-corrected chi connectivity index (χ4v) is 5.16. The molecule has 5 rings (SSSR count). The molecule has 3 heterocycles. The van der Waals surface area contributed by atoms with Gasteiger partial charge in [0, 0.05) is 54.9 Å². The Morgan fingerprint density at radius 3 is 2.57 bits per heavy atom. The molecule has 0 atom stereocenters. The Bertz CT molecular complexity index is 1330. The highest BCUT2D eigenvalue weighted by atomic mass is 35.5. The lowest BCUT2D eigenvalue weighted by atomic mass is 10.0. The van der Waals surface area contributed by atoms with E-state index >= 15 is 0 Å². The van der Waals surface area contributed by atoms with Crippen LogP contribution in [0.15, 0.2) is 66.3 Å². The maximum atomic E-state index is 6.68. The molecule has 2 aromatic carbocycles. The lowest BCUT2D eigenvalue weighted by molar-refractivity contribution is 0.209. The Labute approximate surface area is 212 Å². The number of aromatic nitrogens is 1. The van der Waals surface area contributed by atoms with Crippen LogP contribution in [0.1, 0.15) is 37.3 Å². The monoisotopic (exact) mass is 485 g/mol. The Hall–Kier alpha value is -3.31. The summed E-state index contributed by atoms with van der Waals surface area (Å²) in [7, 11) is 0. The average Bonchev–Trinajstić information content (AvgIpc) is 3.25. The molecule has 0 radical (unpaired) electrons. The molecule has 5 nitrogen and oxygen atoms in total. The van der Waals surface area contributed by atoms with Gasteiger partial charge < -0.3 is 15.5 Å². The molecule has 0 bridgehead atoms. The van der Waals surface area contributed by atoms with Gasteiger partial charge >= 0.3 is 0 Å². The summed E-state index contributed by atoms with van der Waals surface area (Å²) in [6.07, 6.45) is 4.19. The molecule has 0 saturated carbocycles. The minimum atomic E-state index is 0.649. The molecule has 180 valence electrons. The lowest BCUT2D eigenvalue weighted by Crippen LogP contribution is -2.44. The molecule has 0 spiro atoms. The van der Waals surface area contributed by atoms with Gasteiger partial charge in [0.1, 0.15) is 5.84 Å². The van der Waals surface area contributed by atoms with Crippen LogP contribution in [0, 0.1) is 0 Å². The van der Waals surface area contributed by atoms with Gasteiger partial charge in [-0.25, -0.2) is 9.98 Å². The molecule has 0 aliphatic carbocycles. The highest BCUT2D eigenvalue weighted by Gasteiger charge is 2.20. The maximum Gasteiger partial charge on any atom is 0.104 e. The van der Waals surface area contributed by atoms with Crippen molar-refractivity contribution in [2.45, 2.75) is 32.6 Å². The number of nitrogens with two attached hydrogens (primary N) is 1. The van der Waals surface area contributed by atoms with E-state index in [-0.39, 0.29) is 0 Å². The number of halogens is 1. The number of aliphatic imine (C=N–C) groups is 1. The summed E-state index contributed by atoms with van der Waals surface area (Å²) in [5.41, 5.74) is 14.0. The van der Waals surface area contributed by atoms with Gasteiger partial charge in [-0.05, 0) is 42.2 Å². The molecule has 0 amide bonds. The summed E-state index contributed by atoms with van der Waals surface area (Å²) in [5, 5.41) is 1.62. The fraction of sp³-hybridized carbons (Fsp3) is 0.310. The minimum absolute atomic E-state index is 0.649. The number of allylic oxidation sites excluding steroid dienone is 1. The number of piperazine rings is 1. The van der Waals surface area contributed by atoms with E-state index in [1.807, 2.05) is 18.2 Å². The number of pyridine rings is 1. The summed E-state index contributed by atoms with van der Waals surface area (Å²) >= 11 is 6.68. The topological polar surface area (TPSA) is 57.8 Å². The van der Waals surface area contributed by atoms with E-state index in [1.165, 1.54) is 18.5 Å². The molecule has 35 heavy (non-hydrogen) atoms. The molecule has 2 aliphatic heterocycles. The third-order valence-electron chi connectivity index (χ3n) is 7.04. The first-order valence-corrected chi connectivity index (χ1v) is 12.7. The summed E-state index contributed by atoms with van der Waals surface area (Å²) in [6.45, 7) is 14.8. The van der Waals surface area contributed by atoms with Crippen LogP contribution in [-0.4, -0.2) is 46.8 Å². The van der Waals surface area contributed by atoms with Gasteiger partial charge in [0.2, 0.25) is 0 Å². The highest BCUT2D eigenvalue weighted by Crippen LogP contribution is 2.34. The summed E-state index contributed by atoms with van der Waals surface area (Å²) < 4.78 is 0. The van der Waals surface area contributed by atoms with Crippen LogP contribution in [-0.2, 0) is 6.42 Å². The first-order chi connectivity index (χ1) is 16.9. The number of benzene rings is 2. The number of hydrogen-bond acceptors (Lipinski definition) is 5. The van der Waals surface area contributed by atoms with Crippen molar-refractivity contribution in [3.8, 4) is 11.3 Å². The van der Waals surface area contributed by atoms with Gasteiger partial charge in [0.25, 0.3) is 0 Å². The number of amidine groups is 1. The van der Waals surface area contributed by atoms with E-state index in [1.54, 1.807) is 0 Å². The van der Waals surface area contributed by atoms with Crippen LogP contribution in [0.4, 0.5) is 5.69 Å². The van der Waals surface area contributed by atoms with E-state index in [9.17, 15) is 0 Å². The van der Waals surface area contributed by atoms with E-state index in [0.717, 1.165) is 77.3 Å². The zero-order chi connectivity index (χ0) is 24.5. The third kappa shape index (κ3) is 4.78. The van der Waals surface area contributed by atoms with Gasteiger partial charge in [-0.3, -0.25) is 0 Å². The number of rotatable bonds is 7. The summed E-state index contributed by atoms with van der Waals surface area (Å²) in [6, 6.07) is 14.3. The molecular formula is C29H32ClN5. The van der Waals surface area contributed by atoms with Crippen LogP contribution in [0.3, 0.4) is 0 Å². The first-order valence-electron chi connectivity index (χ1n) is 12.4. The first kappa shape index (κ1) is 23.4. The van der Waals surface area contributed by atoms with Crippen molar-refractivity contribution in [3.05, 3.63) is 77.5 Å². The Morgan fingerprint density at radius 1 is 1.03 bits per heavy atom. The summed E-state index contributed by atoms with van der Waals surface area (Å²) in [5.74, 6) is 0.649. The molecule has 1 saturated heterocycles. The van der Waals surface area contributed by atoms with Gasteiger partial charge in [0.05, 0.1) is 21.9 Å². The van der Waals surface area contributed by atoms with Crippen molar-refractivity contribution in [2.24, 2.45) is 10.7 Å². The second-order valence-corrected chi connectivity index (χ2v) is 9.84. The second kappa shape index (κ2) is 9.74. The quantitative estimate of drug-likeness (QED) is 0.421. The standard InChI is InChI=1S/C29H32ClN5/c1-4-5-6-19(2)34-11-13-35(14-12-34)20(3)21-9-10-24-25(30)18-27(32-28(24)15-21)22-7-8-23-17-29(31)33-26(23)16-22/h7-10,15-16,18H,2-6,11-14,17H2,1H3,(H2,31,33). The molecule has 2 aliphatic rings. The molecule has 2 N–H and O–H groups in total. The van der Waals surface area contributed by atoms with Gasteiger partial charge in [-0.2, -0.15) is 0 Å². The van der Waals surface area contributed by atoms with Gasteiger partial charge in [-0.1, -0.05) is 62.4 Å². The lowest BCUT2D eigenvalue weighted by Gasteiger charge is -2.39. The van der Waals surface area contributed by atoms with Crippen LogP contribution >= 0.6 is 11.6 Å². The van der Waals surface area contributed by atoms with E-state index in [0.29, 0.717) is 17.3 Å². The van der Waals surface area contributed by atoms with Gasteiger partial charge in [-0.15, -0.1) is 0 Å². The van der Waals surface area contributed by atoms with Crippen LogP contribution in [0.5, 0.6) is 0 Å². The Balaban J connectivity index is 1.36. The second-order valence-electron chi connectivity index (χ2n) is 9.44. The van der Waals surface area contributed by atoms with E-state index < -0.39 is 0 Å². The predicted octanol–water partition coefficient (Wildman–Crippen LogP) is 6.39. The number of hydrogen-bond donors (Lipinski definition) is 1. The van der Waals surface area contributed by atoms with Crippen LogP contribution in [0.2, 0.25) is 5.02 Å². The molecule has 1 fully saturated rings.